The highest BCUT2D eigenvalue weighted by Crippen LogP contribution is 2.31. The number of sulfone groups is 1. The minimum Gasteiger partial charge on any atom is -0.497 e. The molecule has 0 saturated carbocycles. The summed E-state index contributed by atoms with van der Waals surface area (Å²) in [6.07, 6.45) is 0.268. The minimum absolute atomic E-state index is 0.0377. The predicted molar refractivity (Wildman–Crippen MR) is 82.6 cm³/mol. The van der Waals surface area contributed by atoms with Crippen LogP contribution in [-0.4, -0.2) is 26.6 Å². The molecule has 0 unspecified atom stereocenters. The van der Waals surface area contributed by atoms with Crippen molar-refractivity contribution < 1.29 is 22.7 Å². The summed E-state index contributed by atoms with van der Waals surface area (Å²) in [6.45, 7) is -0.169. The van der Waals surface area contributed by atoms with Crippen molar-refractivity contribution in [3.05, 3.63) is 33.9 Å². The topological polar surface area (TPSA) is 109 Å². The van der Waals surface area contributed by atoms with Crippen molar-refractivity contribution in [2.75, 3.05) is 7.11 Å². The molecule has 1 heterocycles. The highest BCUT2D eigenvalue weighted by atomic mass is 79.9. The van der Waals surface area contributed by atoms with E-state index in [0.717, 1.165) is 11.3 Å². The van der Waals surface area contributed by atoms with Crippen LogP contribution in [0.3, 0.4) is 0 Å². The zero-order valence-electron chi connectivity index (χ0n) is 11.3. The Labute approximate surface area is 139 Å². The number of hydrogen-bond donors (Lipinski definition) is 1. The molecule has 7 nitrogen and oxygen atoms in total. The van der Waals surface area contributed by atoms with Crippen molar-refractivity contribution in [1.82, 2.24) is 4.98 Å². The molecule has 10 heteroatoms. The van der Waals surface area contributed by atoms with E-state index < -0.39 is 15.9 Å². The van der Waals surface area contributed by atoms with Crippen molar-refractivity contribution in [3.8, 4) is 5.75 Å². The van der Waals surface area contributed by atoms with Crippen LogP contribution in [0, 0.1) is 0 Å². The molecule has 118 valence electrons. The maximum absolute atomic E-state index is 12.6. The van der Waals surface area contributed by atoms with Crippen LogP contribution in [0.25, 0.3) is 0 Å². The Bertz CT molecular complexity index is 804. The van der Waals surface area contributed by atoms with Crippen molar-refractivity contribution in [2.24, 2.45) is 5.73 Å². The van der Waals surface area contributed by atoms with Gasteiger partial charge < -0.3 is 15.2 Å². The lowest BCUT2D eigenvalue weighted by molar-refractivity contribution is 0.150. The zero-order valence-corrected chi connectivity index (χ0v) is 14.5. The molecule has 0 atom stereocenters. The summed E-state index contributed by atoms with van der Waals surface area (Å²) >= 11 is 4.14. The third-order valence-corrected chi connectivity index (χ3v) is 6.15. The van der Waals surface area contributed by atoms with Gasteiger partial charge in [0, 0.05) is 4.47 Å². The van der Waals surface area contributed by atoms with E-state index in [1.807, 2.05) is 0 Å². The Hall–Kier alpha value is -1.65. The van der Waals surface area contributed by atoms with Gasteiger partial charge in [0.15, 0.2) is 0 Å². The van der Waals surface area contributed by atoms with Crippen LogP contribution < -0.4 is 10.5 Å². The van der Waals surface area contributed by atoms with Gasteiger partial charge >= 0.3 is 6.09 Å². The molecule has 0 aliphatic carbocycles. The number of halogens is 1. The number of methoxy groups -OCH3 is 1. The Morgan fingerprint density at radius 2 is 2.14 bits per heavy atom. The molecule has 0 aliphatic rings. The van der Waals surface area contributed by atoms with E-state index in [-0.39, 0.29) is 15.7 Å². The maximum atomic E-state index is 12.6. The van der Waals surface area contributed by atoms with Crippen LogP contribution in [0.15, 0.2) is 38.0 Å². The molecule has 1 aromatic heterocycles. The normalized spacial score (nSPS) is 11.2. The largest absolute Gasteiger partial charge is 0.497 e. The van der Waals surface area contributed by atoms with Gasteiger partial charge in [-0.25, -0.2) is 18.2 Å². The van der Waals surface area contributed by atoms with Crippen molar-refractivity contribution in [2.45, 2.75) is 15.7 Å². The maximum Gasteiger partial charge on any atom is 0.404 e. The van der Waals surface area contributed by atoms with Gasteiger partial charge in [-0.3, -0.25) is 0 Å². The number of rotatable bonds is 5. The number of aromatic nitrogens is 1. The van der Waals surface area contributed by atoms with Crippen molar-refractivity contribution >= 4 is 43.2 Å². The fraction of sp³-hybridized carbons (Fsp3) is 0.167. The minimum atomic E-state index is -3.74. The number of nitrogens with two attached hydrogens (primary N) is 1. The number of ether oxygens (including phenoxy) is 2. The van der Waals surface area contributed by atoms with E-state index in [4.69, 9.17) is 10.5 Å². The van der Waals surface area contributed by atoms with Gasteiger partial charge in [0.05, 0.1) is 18.2 Å². The lowest BCUT2D eigenvalue weighted by Crippen LogP contribution is -2.12. The molecule has 1 amide bonds. The molecule has 0 radical (unpaired) electrons. The molecule has 0 saturated heterocycles. The number of benzene rings is 1. The number of primary amides is 1. The molecular weight excluding hydrogens is 396 g/mol. The van der Waals surface area contributed by atoms with Gasteiger partial charge in [-0.15, -0.1) is 11.3 Å². The number of thiazole rings is 1. The van der Waals surface area contributed by atoms with Crippen LogP contribution in [0.5, 0.6) is 5.75 Å². The van der Waals surface area contributed by atoms with E-state index in [2.05, 4.69) is 25.7 Å². The number of carbonyl (C=O) groups excluding carboxylic acids is 1. The van der Waals surface area contributed by atoms with E-state index in [1.54, 1.807) is 6.07 Å². The van der Waals surface area contributed by atoms with Crippen LogP contribution in [0.4, 0.5) is 4.79 Å². The molecule has 2 N–H and O–H groups in total. The molecular formula is C12H11BrN2O5S2. The van der Waals surface area contributed by atoms with Crippen LogP contribution in [0.1, 0.15) is 5.01 Å². The number of amides is 1. The van der Waals surface area contributed by atoms with Gasteiger partial charge in [-0.05, 0) is 18.2 Å². The molecule has 2 rings (SSSR count). The SMILES string of the molecule is COc1cc(Br)cc(S(=O)(=O)c2cnc(COC(N)=O)s2)c1. The summed E-state index contributed by atoms with van der Waals surface area (Å²) in [6, 6.07) is 4.54. The van der Waals surface area contributed by atoms with E-state index >= 15 is 0 Å². The standard InChI is InChI=1S/C12H11BrN2O5S2/c1-19-8-2-7(13)3-9(4-8)22(17,18)11-5-15-10(21-11)6-20-12(14)16/h2-5H,6H2,1H3,(H2,14,16). The average Bonchev–Trinajstić information content (AvgIpc) is 2.94. The van der Waals surface area contributed by atoms with Crippen LogP contribution in [-0.2, 0) is 21.2 Å². The van der Waals surface area contributed by atoms with Crippen LogP contribution in [0.2, 0.25) is 0 Å². The monoisotopic (exact) mass is 406 g/mol. The average molecular weight is 407 g/mol. The molecule has 1 aromatic carbocycles. The summed E-state index contributed by atoms with van der Waals surface area (Å²) < 4.78 is 35.4. The first kappa shape index (κ1) is 16.7. The zero-order chi connectivity index (χ0) is 16.3. The summed E-state index contributed by atoms with van der Waals surface area (Å²) in [4.78, 5) is 14.5. The number of carbonyl (C=O) groups is 1. The molecule has 0 spiro atoms. The second-order valence-corrected chi connectivity index (χ2v) is 8.22. The lowest BCUT2D eigenvalue weighted by atomic mass is 10.3. The van der Waals surface area contributed by atoms with Gasteiger partial charge in [0.25, 0.3) is 0 Å². The third kappa shape index (κ3) is 3.76. The predicted octanol–water partition coefficient (Wildman–Crippen LogP) is 2.34. The smallest absolute Gasteiger partial charge is 0.404 e. The number of hydrogen-bond acceptors (Lipinski definition) is 7. The van der Waals surface area contributed by atoms with E-state index in [0.29, 0.717) is 15.2 Å². The fourth-order valence-corrected chi connectivity index (χ4v) is 4.72. The molecule has 22 heavy (non-hydrogen) atoms. The second kappa shape index (κ2) is 6.63. The van der Waals surface area contributed by atoms with Crippen LogP contribution >= 0.6 is 27.3 Å². The fourth-order valence-electron chi connectivity index (χ4n) is 1.54. The first-order valence-electron chi connectivity index (χ1n) is 5.79. The quantitative estimate of drug-likeness (QED) is 0.815. The Morgan fingerprint density at radius 1 is 1.41 bits per heavy atom. The second-order valence-electron chi connectivity index (χ2n) is 4.01. The van der Waals surface area contributed by atoms with E-state index in [1.165, 1.54) is 25.4 Å². The first-order chi connectivity index (χ1) is 10.3. The summed E-state index contributed by atoms with van der Waals surface area (Å²) in [5.74, 6) is 0.412. The third-order valence-electron chi connectivity index (χ3n) is 2.53. The van der Waals surface area contributed by atoms with E-state index in [9.17, 15) is 13.2 Å². The highest BCUT2D eigenvalue weighted by molar-refractivity contribution is 9.10. The molecule has 0 fully saturated rings. The summed E-state index contributed by atoms with van der Waals surface area (Å²) in [5.41, 5.74) is 4.85. The first-order valence-corrected chi connectivity index (χ1v) is 8.89. The van der Waals surface area contributed by atoms with Crippen molar-refractivity contribution in [1.29, 1.82) is 0 Å². The molecule has 0 bridgehead atoms. The Morgan fingerprint density at radius 3 is 2.77 bits per heavy atom. The Kier molecular flexibility index (Phi) is 5.04. The van der Waals surface area contributed by atoms with Gasteiger partial charge in [-0.2, -0.15) is 0 Å². The number of nitrogens with zero attached hydrogens (tertiary/aromatic N) is 1. The lowest BCUT2D eigenvalue weighted by Gasteiger charge is -2.05. The van der Waals surface area contributed by atoms with Gasteiger partial charge in [0.1, 0.15) is 21.6 Å². The highest BCUT2D eigenvalue weighted by Gasteiger charge is 2.22. The molecule has 0 aliphatic heterocycles. The summed E-state index contributed by atoms with van der Waals surface area (Å²) in [5, 5.41) is 0.333. The van der Waals surface area contributed by atoms with Crippen molar-refractivity contribution in [3.63, 3.8) is 0 Å². The summed E-state index contributed by atoms with van der Waals surface area (Å²) in [7, 11) is -2.29. The van der Waals surface area contributed by atoms with Gasteiger partial charge in [0.2, 0.25) is 9.84 Å². The Balaban J connectivity index is 2.34. The molecule has 2 aromatic rings. The van der Waals surface area contributed by atoms with Gasteiger partial charge in [-0.1, -0.05) is 15.9 Å².